The molecule has 1 N–H and O–H groups in total. The Bertz CT molecular complexity index is 737. The van der Waals surface area contributed by atoms with Crippen molar-refractivity contribution in [1.82, 2.24) is 10.3 Å². The normalized spacial score (nSPS) is 19.8. The molecule has 5 nitrogen and oxygen atoms in total. The van der Waals surface area contributed by atoms with Crippen LogP contribution < -0.4 is 10.1 Å². The van der Waals surface area contributed by atoms with Gasteiger partial charge >= 0.3 is 0 Å². The van der Waals surface area contributed by atoms with Gasteiger partial charge in [0.2, 0.25) is 11.8 Å². The third-order valence-corrected chi connectivity index (χ3v) is 4.26. The van der Waals surface area contributed by atoms with E-state index in [0.29, 0.717) is 11.8 Å². The predicted octanol–water partition coefficient (Wildman–Crippen LogP) is 2.96. The molecule has 0 unspecified atom stereocenters. The SMILES string of the molecule is C[C@H](NC(=O)[C@H]1C[C@@H]1c1ccccc1)c1ccc(OCC#N)nc1. The number of nitrogens with zero attached hydrogens (tertiary/aromatic N) is 2. The van der Waals surface area contributed by atoms with Gasteiger partial charge in [-0.2, -0.15) is 5.26 Å². The smallest absolute Gasteiger partial charge is 0.224 e. The highest BCUT2D eigenvalue weighted by Gasteiger charge is 2.44. The van der Waals surface area contributed by atoms with Gasteiger partial charge in [0, 0.05) is 18.2 Å². The molecule has 0 bridgehead atoms. The van der Waals surface area contributed by atoms with Crippen LogP contribution in [0, 0.1) is 17.2 Å². The number of pyridine rings is 1. The van der Waals surface area contributed by atoms with Gasteiger partial charge in [-0.3, -0.25) is 4.79 Å². The molecule has 122 valence electrons. The minimum atomic E-state index is -0.118. The molecule has 1 amide bonds. The quantitative estimate of drug-likeness (QED) is 0.887. The molecular formula is C19H19N3O2. The Labute approximate surface area is 141 Å². The average Bonchev–Trinajstić information content (AvgIpc) is 3.42. The number of ether oxygens (including phenoxy) is 1. The van der Waals surface area contributed by atoms with Gasteiger partial charge in [-0.25, -0.2) is 4.98 Å². The van der Waals surface area contributed by atoms with Crippen molar-refractivity contribution in [3.63, 3.8) is 0 Å². The van der Waals surface area contributed by atoms with Crippen molar-refractivity contribution in [1.29, 1.82) is 5.26 Å². The molecule has 1 aliphatic carbocycles. The molecule has 2 aromatic rings. The third kappa shape index (κ3) is 3.72. The van der Waals surface area contributed by atoms with Crippen LogP contribution in [0.3, 0.4) is 0 Å². The number of carbonyl (C=O) groups excluding carboxylic acids is 1. The summed E-state index contributed by atoms with van der Waals surface area (Å²) in [5.41, 5.74) is 2.13. The minimum Gasteiger partial charge on any atom is -0.462 e. The highest BCUT2D eigenvalue weighted by atomic mass is 16.5. The number of nitriles is 1. The van der Waals surface area contributed by atoms with E-state index in [9.17, 15) is 4.79 Å². The molecular weight excluding hydrogens is 302 g/mol. The number of carbonyl (C=O) groups is 1. The molecule has 1 saturated carbocycles. The van der Waals surface area contributed by atoms with Crippen molar-refractivity contribution in [3.8, 4) is 11.9 Å². The molecule has 1 heterocycles. The van der Waals surface area contributed by atoms with E-state index in [4.69, 9.17) is 10.00 Å². The topological polar surface area (TPSA) is 75.0 Å². The number of benzene rings is 1. The summed E-state index contributed by atoms with van der Waals surface area (Å²) >= 11 is 0. The monoisotopic (exact) mass is 321 g/mol. The van der Waals surface area contributed by atoms with E-state index in [1.807, 2.05) is 37.3 Å². The zero-order chi connectivity index (χ0) is 16.9. The minimum absolute atomic E-state index is 0.0266. The highest BCUT2D eigenvalue weighted by Crippen LogP contribution is 2.47. The second-order valence-electron chi connectivity index (χ2n) is 5.97. The van der Waals surface area contributed by atoms with Gasteiger partial charge in [-0.15, -0.1) is 0 Å². The molecule has 24 heavy (non-hydrogen) atoms. The number of aromatic nitrogens is 1. The number of hydrogen-bond acceptors (Lipinski definition) is 4. The summed E-state index contributed by atoms with van der Waals surface area (Å²) in [5, 5.41) is 11.5. The predicted molar refractivity (Wildman–Crippen MR) is 89.2 cm³/mol. The van der Waals surface area contributed by atoms with Crippen molar-refractivity contribution in [2.75, 3.05) is 6.61 Å². The Morgan fingerprint density at radius 3 is 2.83 bits per heavy atom. The maximum Gasteiger partial charge on any atom is 0.224 e. The van der Waals surface area contributed by atoms with Crippen LogP contribution in [0.1, 0.15) is 36.4 Å². The lowest BCUT2D eigenvalue weighted by atomic mass is 10.1. The fourth-order valence-corrected chi connectivity index (χ4v) is 2.80. The van der Waals surface area contributed by atoms with Crippen LogP contribution in [0.2, 0.25) is 0 Å². The summed E-state index contributed by atoms with van der Waals surface area (Å²) in [5.74, 6) is 0.880. The lowest BCUT2D eigenvalue weighted by Crippen LogP contribution is -2.28. The Hall–Kier alpha value is -2.87. The standard InChI is InChI=1S/C19H19N3O2/c1-13(15-7-8-18(21-12-15)24-10-9-20)22-19(23)17-11-16(17)14-5-3-2-4-6-14/h2-8,12-13,16-17H,10-11H2,1H3,(H,22,23)/t13-,16+,17-/m0/s1. The van der Waals surface area contributed by atoms with Crippen molar-refractivity contribution in [3.05, 3.63) is 59.8 Å². The zero-order valence-electron chi connectivity index (χ0n) is 13.5. The van der Waals surface area contributed by atoms with Crippen molar-refractivity contribution in [2.45, 2.75) is 25.3 Å². The largest absolute Gasteiger partial charge is 0.462 e. The summed E-state index contributed by atoms with van der Waals surface area (Å²) in [6.07, 6.45) is 2.57. The van der Waals surface area contributed by atoms with Crippen LogP contribution in [0.5, 0.6) is 5.88 Å². The van der Waals surface area contributed by atoms with Crippen LogP contribution in [-0.4, -0.2) is 17.5 Å². The molecule has 0 saturated heterocycles. The number of nitrogens with one attached hydrogen (secondary N) is 1. The first kappa shape index (κ1) is 16.0. The summed E-state index contributed by atoms with van der Waals surface area (Å²) in [4.78, 5) is 16.5. The van der Waals surface area contributed by atoms with Gasteiger partial charge in [0.25, 0.3) is 0 Å². The van der Waals surface area contributed by atoms with Crippen LogP contribution in [0.25, 0.3) is 0 Å². The molecule has 1 aliphatic rings. The van der Waals surface area contributed by atoms with Crippen LogP contribution in [0.15, 0.2) is 48.7 Å². The van der Waals surface area contributed by atoms with E-state index < -0.39 is 0 Å². The van der Waals surface area contributed by atoms with Gasteiger partial charge < -0.3 is 10.1 Å². The first-order chi connectivity index (χ1) is 11.7. The third-order valence-electron chi connectivity index (χ3n) is 4.26. The Kier molecular flexibility index (Phi) is 4.76. The molecule has 0 aliphatic heterocycles. The van der Waals surface area contributed by atoms with E-state index in [-0.39, 0.29) is 24.5 Å². The lowest BCUT2D eigenvalue weighted by Gasteiger charge is -2.14. The summed E-state index contributed by atoms with van der Waals surface area (Å²) in [7, 11) is 0. The first-order valence-electron chi connectivity index (χ1n) is 8.00. The van der Waals surface area contributed by atoms with Gasteiger partial charge in [0.15, 0.2) is 6.61 Å². The first-order valence-corrected chi connectivity index (χ1v) is 8.00. The van der Waals surface area contributed by atoms with E-state index in [2.05, 4.69) is 22.4 Å². The molecule has 3 rings (SSSR count). The molecule has 1 fully saturated rings. The number of hydrogen-bond donors (Lipinski definition) is 1. The Morgan fingerprint density at radius 2 is 2.17 bits per heavy atom. The molecule has 1 aromatic heterocycles. The van der Waals surface area contributed by atoms with E-state index in [0.717, 1.165) is 12.0 Å². The van der Waals surface area contributed by atoms with Gasteiger partial charge in [0.1, 0.15) is 6.07 Å². The maximum absolute atomic E-state index is 12.4. The van der Waals surface area contributed by atoms with Gasteiger partial charge in [-0.05, 0) is 30.4 Å². The van der Waals surface area contributed by atoms with Crippen molar-refractivity contribution in [2.24, 2.45) is 5.92 Å². The maximum atomic E-state index is 12.4. The number of amides is 1. The van der Waals surface area contributed by atoms with E-state index in [1.54, 1.807) is 12.3 Å². The summed E-state index contributed by atoms with van der Waals surface area (Å²) in [6.45, 7) is 1.91. The van der Waals surface area contributed by atoms with Crippen molar-refractivity contribution >= 4 is 5.91 Å². The molecule has 5 heteroatoms. The van der Waals surface area contributed by atoms with Gasteiger partial charge in [0.05, 0.1) is 6.04 Å². The molecule has 0 spiro atoms. The second kappa shape index (κ2) is 7.14. The Morgan fingerprint density at radius 1 is 1.38 bits per heavy atom. The van der Waals surface area contributed by atoms with Gasteiger partial charge in [-0.1, -0.05) is 36.4 Å². The van der Waals surface area contributed by atoms with Crippen molar-refractivity contribution < 1.29 is 9.53 Å². The van der Waals surface area contributed by atoms with Crippen LogP contribution in [0.4, 0.5) is 0 Å². The van der Waals surface area contributed by atoms with E-state index in [1.165, 1.54) is 5.56 Å². The van der Waals surface area contributed by atoms with E-state index >= 15 is 0 Å². The fourth-order valence-electron chi connectivity index (χ4n) is 2.80. The second-order valence-corrected chi connectivity index (χ2v) is 5.97. The summed E-state index contributed by atoms with van der Waals surface area (Å²) in [6, 6.07) is 15.5. The summed E-state index contributed by atoms with van der Waals surface area (Å²) < 4.78 is 5.12. The average molecular weight is 321 g/mol. The Balaban J connectivity index is 1.54. The molecule has 3 atom stereocenters. The molecule has 0 radical (unpaired) electrons. The fraction of sp³-hybridized carbons (Fsp3) is 0.316. The highest BCUT2D eigenvalue weighted by molar-refractivity contribution is 5.83. The molecule has 1 aromatic carbocycles. The number of rotatable bonds is 6. The zero-order valence-corrected chi connectivity index (χ0v) is 13.5. The van der Waals surface area contributed by atoms with Crippen LogP contribution in [-0.2, 0) is 4.79 Å². The van der Waals surface area contributed by atoms with Crippen LogP contribution >= 0.6 is 0 Å². The lowest BCUT2D eigenvalue weighted by molar-refractivity contribution is -0.123.